The molecule has 0 spiro atoms. The fraction of sp³-hybridized carbons (Fsp3) is 0.333. The highest BCUT2D eigenvalue weighted by molar-refractivity contribution is 8.26. The number of halogens is 4. The summed E-state index contributed by atoms with van der Waals surface area (Å²) in [6.07, 6.45) is 0.292. The Bertz CT molecular complexity index is 1310. The van der Waals surface area contributed by atoms with Gasteiger partial charge in [0.2, 0.25) is 11.8 Å². The molecule has 2 aromatic rings. The smallest absolute Gasteiger partial charge is 0.416 e. The van der Waals surface area contributed by atoms with Crippen LogP contribution in [0.2, 0.25) is 5.02 Å². The van der Waals surface area contributed by atoms with E-state index in [0.29, 0.717) is 25.5 Å². The van der Waals surface area contributed by atoms with Crippen molar-refractivity contribution >= 4 is 63.9 Å². The first kappa shape index (κ1) is 28.3. The number of ether oxygens (including phenoxy) is 1. The van der Waals surface area contributed by atoms with Crippen molar-refractivity contribution in [2.75, 3.05) is 39.4 Å². The molecule has 0 atom stereocenters. The first-order valence-electron chi connectivity index (χ1n) is 11.4. The lowest BCUT2D eigenvalue weighted by Crippen LogP contribution is -2.36. The van der Waals surface area contributed by atoms with Crippen LogP contribution in [-0.4, -0.2) is 70.3 Å². The van der Waals surface area contributed by atoms with Gasteiger partial charge in [-0.05, 0) is 24.3 Å². The van der Waals surface area contributed by atoms with Crippen LogP contribution >= 0.6 is 35.6 Å². The van der Waals surface area contributed by atoms with E-state index in [1.54, 1.807) is 6.08 Å². The van der Waals surface area contributed by atoms with E-state index in [9.17, 15) is 22.8 Å². The second kappa shape index (κ2) is 12.0. The molecule has 2 N–H and O–H groups in total. The molecule has 14 heteroatoms. The van der Waals surface area contributed by atoms with Crippen LogP contribution in [0.5, 0.6) is 0 Å². The minimum Gasteiger partial charge on any atom is -0.436 e. The predicted octanol–water partition coefficient (Wildman–Crippen LogP) is 4.44. The number of oxazole rings is 1. The lowest BCUT2D eigenvalue weighted by molar-refractivity contribution is -0.137. The van der Waals surface area contributed by atoms with E-state index in [4.69, 9.17) is 38.7 Å². The minimum atomic E-state index is -4.59. The number of carbonyl (C=O) groups is 2. The molecule has 3 heterocycles. The van der Waals surface area contributed by atoms with Gasteiger partial charge >= 0.3 is 6.18 Å². The molecule has 202 valence electrons. The number of hydrogen-bond acceptors (Lipinski definition) is 8. The Balaban J connectivity index is 1.68. The third-order valence-electron chi connectivity index (χ3n) is 5.67. The largest absolute Gasteiger partial charge is 0.436 e. The van der Waals surface area contributed by atoms with Crippen LogP contribution in [0.15, 0.2) is 33.6 Å². The molecular formula is C24H22ClF3N4O4S2. The summed E-state index contributed by atoms with van der Waals surface area (Å²) in [6, 6.07) is 2.86. The number of rotatable bonds is 8. The maximum atomic E-state index is 13.3. The normalized spacial score (nSPS) is 18.3. The molecule has 0 aliphatic carbocycles. The molecule has 4 rings (SSSR count). The van der Waals surface area contributed by atoms with Gasteiger partial charge in [0.05, 0.1) is 34.3 Å². The summed E-state index contributed by atoms with van der Waals surface area (Å²) in [5, 5.41) is 0.0208. The molecule has 0 unspecified atom stereocenters. The quantitative estimate of drug-likeness (QED) is 0.358. The standard InChI is InChI=1S/C24H22ClF3N4O4S2/c25-16-4-3-14(24(26,27)28)12-15(16)21-30-17(2-1-6-31-8-10-35-11-9-31)18(36-21)13-19-22(34)32(23(37)38-19)7-5-20(29)33/h1-4,12-13H,5-11H2,(H2,29,33). The van der Waals surface area contributed by atoms with E-state index in [2.05, 4.69) is 9.88 Å². The fourth-order valence-corrected chi connectivity index (χ4v) is 5.16. The molecule has 38 heavy (non-hydrogen) atoms. The molecule has 0 saturated carbocycles. The average molecular weight is 587 g/mol. The van der Waals surface area contributed by atoms with Crippen LogP contribution in [0.25, 0.3) is 23.6 Å². The van der Waals surface area contributed by atoms with Crippen molar-refractivity contribution in [3.8, 4) is 11.5 Å². The van der Waals surface area contributed by atoms with Gasteiger partial charge in [-0.1, -0.05) is 41.7 Å². The minimum absolute atomic E-state index is 0.0208. The number of carbonyl (C=O) groups excluding carboxylic acids is 2. The Labute approximate surface area is 230 Å². The predicted molar refractivity (Wildman–Crippen MR) is 142 cm³/mol. The summed E-state index contributed by atoms with van der Waals surface area (Å²) < 4.78 is 51.4. The van der Waals surface area contributed by atoms with Crippen LogP contribution in [0.4, 0.5) is 13.2 Å². The molecule has 2 saturated heterocycles. The number of morpholine rings is 1. The monoisotopic (exact) mass is 586 g/mol. The Morgan fingerprint density at radius 3 is 2.71 bits per heavy atom. The SMILES string of the molecule is NC(=O)CCN1C(=O)C(=Cc2oc(-c3cc(C(F)(F)F)ccc3Cl)nc2C=CCN2CCOCC2)SC1=S. The number of nitrogens with zero attached hydrogens (tertiary/aromatic N) is 3. The summed E-state index contributed by atoms with van der Waals surface area (Å²) in [5.74, 6) is -1.02. The van der Waals surface area contributed by atoms with Crippen LogP contribution in [-0.2, 0) is 20.5 Å². The first-order valence-corrected chi connectivity index (χ1v) is 13.0. The van der Waals surface area contributed by atoms with Crippen LogP contribution in [0.3, 0.4) is 0 Å². The lowest BCUT2D eigenvalue weighted by Gasteiger charge is -2.25. The fourth-order valence-electron chi connectivity index (χ4n) is 3.68. The second-order valence-electron chi connectivity index (χ2n) is 8.33. The molecule has 2 fully saturated rings. The highest BCUT2D eigenvalue weighted by atomic mass is 35.5. The van der Waals surface area contributed by atoms with Crippen LogP contribution in [0.1, 0.15) is 23.4 Å². The van der Waals surface area contributed by atoms with Crippen LogP contribution in [0, 0.1) is 0 Å². The van der Waals surface area contributed by atoms with E-state index < -0.39 is 23.6 Å². The molecule has 2 aliphatic rings. The molecule has 0 radical (unpaired) electrons. The first-order chi connectivity index (χ1) is 18.0. The number of nitrogens with two attached hydrogens (primary N) is 1. The van der Waals surface area contributed by atoms with Crippen molar-refractivity contribution in [2.45, 2.75) is 12.6 Å². The van der Waals surface area contributed by atoms with E-state index in [0.717, 1.165) is 43.1 Å². The summed E-state index contributed by atoms with van der Waals surface area (Å²) in [6.45, 7) is 3.39. The van der Waals surface area contributed by atoms with Crippen molar-refractivity contribution in [3.05, 3.63) is 51.2 Å². The highest BCUT2D eigenvalue weighted by Gasteiger charge is 2.34. The zero-order valence-corrected chi connectivity index (χ0v) is 22.2. The Morgan fingerprint density at radius 2 is 2.03 bits per heavy atom. The van der Waals surface area contributed by atoms with E-state index >= 15 is 0 Å². The second-order valence-corrected chi connectivity index (χ2v) is 10.4. The summed E-state index contributed by atoms with van der Waals surface area (Å²) in [7, 11) is 0. The number of hydrogen-bond donors (Lipinski definition) is 1. The van der Waals surface area contributed by atoms with Gasteiger partial charge in [0.25, 0.3) is 5.91 Å². The number of alkyl halides is 3. The van der Waals surface area contributed by atoms with Gasteiger partial charge in [-0.2, -0.15) is 13.2 Å². The van der Waals surface area contributed by atoms with Gasteiger partial charge in [-0.3, -0.25) is 19.4 Å². The Morgan fingerprint density at radius 1 is 1.29 bits per heavy atom. The molecule has 8 nitrogen and oxygen atoms in total. The summed E-state index contributed by atoms with van der Waals surface area (Å²) in [4.78, 5) is 32.1. The van der Waals surface area contributed by atoms with Crippen molar-refractivity contribution in [2.24, 2.45) is 5.73 Å². The third-order valence-corrected chi connectivity index (χ3v) is 7.37. The lowest BCUT2D eigenvalue weighted by atomic mass is 10.1. The van der Waals surface area contributed by atoms with Gasteiger partial charge in [-0.15, -0.1) is 0 Å². The van der Waals surface area contributed by atoms with Gasteiger partial charge < -0.3 is 14.9 Å². The number of benzene rings is 1. The number of amides is 2. The number of thioether (sulfide) groups is 1. The number of aromatic nitrogens is 1. The van der Waals surface area contributed by atoms with Gasteiger partial charge in [0.1, 0.15) is 10.0 Å². The van der Waals surface area contributed by atoms with Crippen molar-refractivity contribution in [3.63, 3.8) is 0 Å². The number of primary amides is 1. The van der Waals surface area contributed by atoms with Gasteiger partial charge in [0, 0.05) is 38.7 Å². The summed E-state index contributed by atoms with van der Waals surface area (Å²) >= 11 is 12.5. The third kappa shape index (κ3) is 6.83. The van der Waals surface area contributed by atoms with Gasteiger partial charge in [0.15, 0.2) is 5.76 Å². The molecule has 2 amide bonds. The van der Waals surface area contributed by atoms with Crippen molar-refractivity contribution in [1.82, 2.24) is 14.8 Å². The highest BCUT2D eigenvalue weighted by Crippen LogP contribution is 2.38. The molecular weight excluding hydrogens is 565 g/mol. The van der Waals surface area contributed by atoms with Crippen LogP contribution < -0.4 is 5.73 Å². The molecule has 2 aliphatic heterocycles. The van der Waals surface area contributed by atoms with Crippen molar-refractivity contribution < 1.29 is 31.9 Å². The maximum Gasteiger partial charge on any atom is 0.416 e. The number of thiocarbonyl (C=S) groups is 1. The van der Waals surface area contributed by atoms with Gasteiger partial charge in [-0.25, -0.2) is 4.98 Å². The topological polar surface area (TPSA) is 102 Å². The maximum absolute atomic E-state index is 13.3. The Hall–Kier alpha value is -2.71. The summed E-state index contributed by atoms with van der Waals surface area (Å²) in [5.41, 5.74) is 4.53. The molecule has 1 aromatic carbocycles. The molecule has 0 bridgehead atoms. The zero-order valence-electron chi connectivity index (χ0n) is 19.8. The average Bonchev–Trinajstić information content (AvgIpc) is 3.37. The van der Waals surface area contributed by atoms with E-state index in [1.165, 1.54) is 11.0 Å². The van der Waals surface area contributed by atoms with Crippen molar-refractivity contribution in [1.29, 1.82) is 0 Å². The Kier molecular flexibility index (Phi) is 8.93. The van der Waals surface area contributed by atoms with E-state index in [1.807, 2.05) is 6.08 Å². The molecule has 1 aromatic heterocycles. The van der Waals surface area contributed by atoms with E-state index in [-0.39, 0.29) is 44.4 Å². The zero-order chi connectivity index (χ0) is 27.4.